The van der Waals surface area contributed by atoms with E-state index in [0.717, 1.165) is 32.1 Å². The van der Waals surface area contributed by atoms with Crippen LogP contribution < -0.4 is 10.9 Å². The largest absolute Gasteiger partial charge is 0.355 e. The molecule has 32 heavy (non-hydrogen) atoms. The second-order valence-corrected chi connectivity index (χ2v) is 9.67. The molecule has 5 nitrogen and oxygen atoms in total. The van der Waals surface area contributed by atoms with Crippen molar-refractivity contribution >= 4 is 28.6 Å². The Balaban J connectivity index is 1.41. The summed E-state index contributed by atoms with van der Waals surface area (Å²) in [7, 11) is 0. The number of allylic oxidation sites excluding steroid dienone is 3. The zero-order valence-electron chi connectivity index (χ0n) is 18.8. The number of carbonyl (C=O) groups excluding carboxylic acids is 1. The van der Waals surface area contributed by atoms with Gasteiger partial charge in [0.2, 0.25) is 5.91 Å². The van der Waals surface area contributed by atoms with Gasteiger partial charge in [-0.25, -0.2) is 4.98 Å². The standard InChI is InChI=1S/C26H33N3O2S/c30-24(27-17-15-20-9-3-1-4-10-20)19-32-26-28-23-14-8-7-13-22(23)25(31)29(26)18-16-21-11-5-2-6-12-21/h7-9,11,13-14H,1-6,10,12,15-19H2,(H,27,30). The summed E-state index contributed by atoms with van der Waals surface area (Å²) in [6.45, 7) is 1.29. The number of hydrogen-bond donors (Lipinski definition) is 1. The smallest absolute Gasteiger partial charge is 0.262 e. The van der Waals surface area contributed by atoms with Gasteiger partial charge in [0.15, 0.2) is 5.16 Å². The van der Waals surface area contributed by atoms with Gasteiger partial charge in [-0.3, -0.25) is 14.2 Å². The van der Waals surface area contributed by atoms with Gasteiger partial charge in [-0.05, 0) is 76.3 Å². The van der Waals surface area contributed by atoms with E-state index in [2.05, 4.69) is 17.5 Å². The fourth-order valence-corrected chi connectivity index (χ4v) is 5.37. The lowest BCUT2D eigenvalue weighted by Crippen LogP contribution is -2.28. The van der Waals surface area contributed by atoms with E-state index in [-0.39, 0.29) is 17.2 Å². The maximum absolute atomic E-state index is 13.2. The molecule has 1 aromatic heterocycles. The molecular formula is C26H33N3O2S. The van der Waals surface area contributed by atoms with Crippen molar-refractivity contribution < 1.29 is 4.79 Å². The molecule has 0 spiro atoms. The first-order chi connectivity index (χ1) is 15.7. The lowest BCUT2D eigenvalue weighted by Gasteiger charge is -2.16. The second kappa shape index (κ2) is 11.5. The van der Waals surface area contributed by atoms with Crippen LogP contribution in [0.5, 0.6) is 0 Å². The molecule has 0 saturated heterocycles. The van der Waals surface area contributed by atoms with Gasteiger partial charge in [-0.1, -0.05) is 47.2 Å². The van der Waals surface area contributed by atoms with Crippen molar-refractivity contribution in [2.24, 2.45) is 0 Å². The van der Waals surface area contributed by atoms with E-state index in [9.17, 15) is 9.59 Å². The minimum atomic E-state index is -0.0147. The Morgan fingerprint density at radius 3 is 2.44 bits per heavy atom. The van der Waals surface area contributed by atoms with Gasteiger partial charge in [-0.2, -0.15) is 0 Å². The van der Waals surface area contributed by atoms with Crippen LogP contribution >= 0.6 is 11.8 Å². The molecule has 0 atom stereocenters. The Bertz CT molecular complexity index is 1070. The number of nitrogens with zero attached hydrogens (tertiary/aromatic N) is 2. The van der Waals surface area contributed by atoms with Crippen LogP contribution in [0.2, 0.25) is 0 Å². The molecule has 0 bridgehead atoms. The van der Waals surface area contributed by atoms with Crippen molar-refractivity contribution in [3.05, 3.63) is 57.9 Å². The number of para-hydroxylation sites is 1. The number of rotatable bonds is 9. The van der Waals surface area contributed by atoms with Gasteiger partial charge in [0.25, 0.3) is 5.56 Å². The number of thioether (sulfide) groups is 1. The highest BCUT2D eigenvalue weighted by atomic mass is 32.2. The van der Waals surface area contributed by atoms with Crippen LogP contribution in [0.1, 0.15) is 64.2 Å². The van der Waals surface area contributed by atoms with Crippen LogP contribution in [0.15, 0.2) is 57.5 Å². The van der Waals surface area contributed by atoms with Gasteiger partial charge < -0.3 is 5.32 Å². The minimum absolute atomic E-state index is 0.00430. The average Bonchev–Trinajstić information content (AvgIpc) is 2.83. The van der Waals surface area contributed by atoms with E-state index in [1.54, 1.807) is 4.57 Å². The van der Waals surface area contributed by atoms with Crippen LogP contribution in [0.4, 0.5) is 0 Å². The molecule has 2 aliphatic carbocycles. The van der Waals surface area contributed by atoms with Crippen LogP contribution in [0.3, 0.4) is 0 Å². The number of aromatic nitrogens is 2. The molecule has 2 aliphatic rings. The Morgan fingerprint density at radius 1 is 1.00 bits per heavy atom. The number of hydrogen-bond acceptors (Lipinski definition) is 4. The Kier molecular flexibility index (Phi) is 8.21. The zero-order valence-corrected chi connectivity index (χ0v) is 19.6. The highest BCUT2D eigenvalue weighted by Gasteiger charge is 2.14. The van der Waals surface area contributed by atoms with E-state index in [1.807, 2.05) is 24.3 Å². The van der Waals surface area contributed by atoms with Crippen LogP contribution in [0, 0.1) is 0 Å². The maximum atomic E-state index is 13.2. The molecule has 6 heteroatoms. The summed E-state index contributed by atoms with van der Waals surface area (Å²) in [5.74, 6) is 0.266. The van der Waals surface area contributed by atoms with E-state index in [4.69, 9.17) is 4.98 Å². The molecule has 1 amide bonds. The van der Waals surface area contributed by atoms with Gasteiger partial charge in [0, 0.05) is 13.1 Å². The highest BCUT2D eigenvalue weighted by molar-refractivity contribution is 7.99. The van der Waals surface area contributed by atoms with Crippen molar-refractivity contribution in [2.75, 3.05) is 12.3 Å². The summed E-state index contributed by atoms with van der Waals surface area (Å²) in [4.78, 5) is 30.4. The number of amides is 1. The summed E-state index contributed by atoms with van der Waals surface area (Å²) in [5, 5.41) is 4.30. The summed E-state index contributed by atoms with van der Waals surface area (Å²) in [6, 6.07) is 7.48. The molecule has 0 fully saturated rings. The van der Waals surface area contributed by atoms with Gasteiger partial charge in [-0.15, -0.1) is 0 Å². The molecule has 0 radical (unpaired) electrons. The molecule has 0 saturated carbocycles. The maximum Gasteiger partial charge on any atom is 0.262 e. The topological polar surface area (TPSA) is 64.0 Å². The van der Waals surface area contributed by atoms with Gasteiger partial charge in [0.1, 0.15) is 0 Å². The molecule has 0 unspecified atom stereocenters. The van der Waals surface area contributed by atoms with E-state index in [1.165, 1.54) is 55.0 Å². The van der Waals surface area contributed by atoms with Crippen molar-refractivity contribution in [1.82, 2.24) is 14.9 Å². The van der Waals surface area contributed by atoms with Crippen molar-refractivity contribution in [2.45, 2.75) is 75.9 Å². The average molecular weight is 452 g/mol. The SMILES string of the molecule is O=C(CSc1nc2ccccc2c(=O)n1CCC1=CCCCC1)NCCC1=CCCCC1. The molecule has 1 heterocycles. The van der Waals surface area contributed by atoms with Crippen molar-refractivity contribution in [1.29, 1.82) is 0 Å². The van der Waals surface area contributed by atoms with Crippen molar-refractivity contribution in [3.63, 3.8) is 0 Å². The lowest BCUT2D eigenvalue weighted by atomic mass is 9.97. The van der Waals surface area contributed by atoms with Crippen LogP contribution in [-0.2, 0) is 11.3 Å². The highest BCUT2D eigenvalue weighted by Crippen LogP contribution is 2.23. The predicted molar refractivity (Wildman–Crippen MR) is 132 cm³/mol. The third-order valence-corrected chi connectivity index (χ3v) is 7.33. The summed E-state index contributed by atoms with van der Waals surface area (Å²) in [6.07, 6.45) is 16.1. The molecule has 170 valence electrons. The molecule has 0 aliphatic heterocycles. The predicted octanol–water partition coefficient (Wildman–Crippen LogP) is 5.39. The first-order valence-electron chi connectivity index (χ1n) is 12.0. The van der Waals surface area contributed by atoms with E-state index >= 15 is 0 Å². The number of carbonyl (C=O) groups is 1. The number of nitrogens with one attached hydrogen (secondary N) is 1. The fraction of sp³-hybridized carbons (Fsp3) is 0.500. The Hall–Kier alpha value is -2.34. The molecule has 1 N–H and O–H groups in total. The molecule has 1 aromatic carbocycles. The number of fused-ring (bicyclic) bond motifs is 1. The summed E-state index contributed by atoms with van der Waals surface area (Å²) < 4.78 is 1.77. The molecular weight excluding hydrogens is 418 g/mol. The third-order valence-electron chi connectivity index (χ3n) is 6.35. The quantitative estimate of drug-likeness (QED) is 0.316. The first-order valence-corrected chi connectivity index (χ1v) is 12.9. The van der Waals surface area contributed by atoms with E-state index in [0.29, 0.717) is 29.1 Å². The lowest BCUT2D eigenvalue weighted by molar-refractivity contribution is -0.118. The van der Waals surface area contributed by atoms with Gasteiger partial charge >= 0.3 is 0 Å². The third kappa shape index (κ3) is 6.12. The zero-order chi connectivity index (χ0) is 22.2. The molecule has 2 aromatic rings. The minimum Gasteiger partial charge on any atom is -0.355 e. The Morgan fingerprint density at radius 2 is 1.72 bits per heavy atom. The fourth-order valence-electron chi connectivity index (χ4n) is 4.52. The van der Waals surface area contributed by atoms with Gasteiger partial charge in [0.05, 0.1) is 16.7 Å². The van der Waals surface area contributed by atoms with Crippen LogP contribution in [-0.4, -0.2) is 27.8 Å². The molecule has 4 rings (SSSR count). The number of benzene rings is 1. The monoisotopic (exact) mass is 451 g/mol. The van der Waals surface area contributed by atoms with Crippen molar-refractivity contribution in [3.8, 4) is 0 Å². The first kappa shape index (κ1) is 22.8. The normalized spacial score (nSPS) is 16.5. The summed E-state index contributed by atoms with van der Waals surface area (Å²) >= 11 is 1.36. The van der Waals surface area contributed by atoms with Crippen LogP contribution in [0.25, 0.3) is 10.9 Å². The Labute approximate surface area is 194 Å². The van der Waals surface area contributed by atoms with E-state index < -0.39 is 0 Å². The second-order valence-electron chi connectivity index (χ2n) is 8.72. The summed E-state index contributed by atoms with van der Waals surface area (Å²) in [5.41, 5.74) is 3.57.